The topological polar surface area (TPSA) is 35.2 Å². The molecule has 0 aliphatic carbocycles. The van der Waals surface area contributed by atoms with Crippen molar-refractivity contribution in [2.75, 3.05) is 6.61 Å². The number of ether oxygens (including phenoxy) is 1. The SMILES string of the molecule is NCc1cc(F)cc(OCC(F)F)c1. The summed E-state index contributed by atoms with van der Waals surface area (Å²) >= 11 is 0. The zero-order valence-electron chi connectivity index (χ0n) is 7.34. The molecule has 2 nitrogen and oxygen atoms in total. The van der Waals surface area contributed by atoms with Crippen molar-refractivity contribution in [2.24, 2.45) is 5.73 Å². The molecule has 0 amide bonds. The first-order valence-corrected chi connectivity index (χ1v) is 4.02. The van der Waals surface area contributed by atoms with Crippen LogP contribution in [0.5, 0.6) is 5.75 Å². The van der Waals surface area contributed by atoms with E-state index in [1.165, 1.54) is 12.1 Å². The summed E-state index contributed by atoms with van der Waals surface area (Å²) in [5.74, 6) is -0.469. The minimum atomic E-state index is -2.57. The number of halogens is 3. The van der Waals surface area contributed by atoms with Crippen molar-refractivity contribution in [1.82, 2.24) is 0 Å². The van der Waals surface area contributed by atoms with Crippen LogP contribution in [0.25, 0.3) is 0 Å². The molecule has 1 aromatic rings. The molecule has 0 aliphatic heterocycles. The fourth-order valence-corrected chi connectivity index (χ4v) is 0.981. The van der Waals surface area contributed by atoms with Gasteiger partial charge in [-0.1, -0.05) is 0 Å². The fourth-order valence-electron chi connectivity index (χ4n) is 0.981. The standard InChI is InChI=1S/C9H10F3NO/c10-7-1-6(4-13)2-8(3-7)14-5-9(11)12/h1-3,9H,4-5,13H2. The van der Waals surface area contributed by atoms with Gasteiger partial charge in [0.25, 0.3) is 6.43 Å². The van der Waals surface area contributed by atoms with Gasteiger partial charge in [-0.05, 0) is 17.7 Å². The lowest BCUT2D eigenvalue weighted by molar-refractivity contribution is 0.0817. The van der Waals surface area contributed by atoms with E-state index in [0.717, 1.165) is 6.07 Å². The van der Waals surface area contributed by atoms with Crippen molar-refractivity contribution in [2.45, 2.75) is 13.0 Å². The molecule has 1 aromatic carbocycles. The van der Waals surface area contributed by atoms with Gasteiger partial charge in [-0.2, -0.15) is 0 Å². The van der Waals surface area contributed by atoms with Gasteiger partial charge in [0, 0.05) is 12.6 Å². The Labute approximate surface area is 79.5 Å². The van der Waals surface area contributed by atoms with E-state index < -0.39 is 18.8 Å². The van der Waals surface area contributed by atoms with Crippen LogP contribution in [-0.2, 0) is 6.54 Å². The van der Waals surface area contributed by atoms with E-state index in [4.69, 9.17) is 5.73 Å². The van der Waals surface area contributed by atoms with E-state index in [-0.39, 0.29) is 12.3 Å². The van der Waals surface area contributed by atoms with Crippen LogP contribution in [0.15, 0.2) is 18.2 Å². The highest BCUT2D eigenvalue weighted by Crippen LogP contribution is 2.16. The molecule has 0 atom stereocenters. The van der Waals surface area contributed by atoms with Gasteiger partial charge in [-0.3, -0.25) is 0 Å². The number of hydrogen-bond donors (Lipinski definition) is 1. The van der Waals surface area contributed by atoms with Gasteiger partial charge in [0.1, 0.15) is 18.2 Å². The van der Waals surface area contributed by atoms with Crippen LogP contribution >= 0.6 is 0 Å². The summed E-state index contributed by atoms with van der Waals surface area (Å²) in [6.07, 6.45) is -2.57. The third-order valence-electron chi connectivity index (χ3n) is 1.54. The van der Waals surface area contributed by atoms with E-state index in [1.54, 1.807) is 0 Å². The number of alkyl halides is 2. The van der Waals surface area contributed by atoms with Gasteiger partial charge >= 0.3 is 0 Å². The average molecular weight is 205 g/mol. The molecule has 0 bridgehead atoms. The predicted octanol–water partition coefficient (Wildman–Crippen LogP) is 1.93. The molecule has 0 fully saturated rings. The molecule has 0 aromatic heterocycles. The van der Waals surface area contributed by atoms with Crippen LogP contribution in [0.3, 0.4) is 0 Å². The van der Waals surface area contributed by atoms with Crippen molar-refractivity contribution in [3.63, 3.8) is 0 Å². The third kappa shape index (κ3) is 3.26. The lowest BCUT2D eigenvalue weighted by Gasteiger charge is -2.06. The normalized spacial score (nSPS) is 10.6. The van der Waals surface area contributed by atoms with Gasteiger partial charge in [-0.15, -0.1) is 0 Å². The predicted molar refractivity (Wildman–Crippen MR) is 45.8 cm³/mol. The molecule has 0 unspecified atom stereocenters. The zero-order chi connectivity index (χ0) is 10.6. The molecule has 0 saturated heterocycles. The van der Waals surface area contributed by atoms with Gasteiger partial charge in [-0.25, -0.2) is 13.2 Å². The van der Waals surface area contributed by atoms with E-state index in [2.05, 4.69) is 4.74 Å². The molecule has 5 heteroatoms. The molecular formula is C9H10F3NO. The number of nitrogens with two attached hydrogens (primary N) is 1. The second-order valence-electron chi connectivity index (χ2n) is 2.70. The maximum absolute atomic E-state index is 12.8. The largest absolute Gasteiger partial charge is 0.488 e. The van der Waals surface area contributed by atoms with Crippen molar-refractivity contribution in [3.8, 4) is 5.75 Å². The van der Waals surface area contributed by atoms with Crippen LogP contribution in [-0.4, -0.2) is 13.0 Å². The Balaban J connectivity index is 2.71. The van der Waals surface area contributed by atoms with E-state index in [9.17, 15) is 13.2 Å². The second kappa shape index (κ2) is 4.85. The summed E-state index contributed by atoms with van der Waals surface area (Å²) in [4.78, 5) is 0. The number of hydrogen-bond acceptors (Lipinski definition) is 2. The highest BCUT2D eigenvalue weighted by molar-refractivity contribution is 5.29. The first-order valence-electron chi connectivity index (χ1n) is 4.02. The average Bonchev–Trinajstić information content (AvgIpc) is 2.14. The van der Waals surface area contributed by atoms with Gasteiger partial charge < -0.3 is 10.5 Å². The van der Waals surface area contributed by atoms with Crippen LogP contribution in [0.2, 0.25) is 0 Å². The van der Waals surface area contributed by atoms with Gasteiger partial charge in [0.2, 0.25) is 0 Å². The molecule has 78 valence electrons. The fraction of sp³-hybridized carbons (Fsp3) is 0.333. The highest BCUT2D eigenvalue weighted by atomic mass is 19.3. The van der Waals surface area contributed by atoms with E-state index in [0.29, 0.717) is 5.56 Å². The summed E-state index contributed by atoms with van der Waals surface area (Å²) in [6, 6.07) is 3.71. The molecule has 0 aliphatic rings. The molecule has 2 N–H and O–H groups in total. The Morgan fingerprint density at radius 1 is 1.29 bits per heavy atom. The summed E-state index contributed by atoms with van der Waals surface area (Å²) in [7, 11) is 0. The smallest absolute Gasteiger partial charge is 0.272 e. The first kappa shape index (κ1) is 10.8. The third-order valence-corrected chi connectivity index (χ3v) is 1.54. The summed E-state index contributed by atoms with van der Waals surface area (Å²) < 4.78 is 41.0. The summed E-state index contributed by atoms with van der Waals surface area (Å²) in [5, 5.41) is 0. The summed E-state index contributed by atoms with van der Waals surface area (Å²) in [5.41, 5.74) is 5.78. The minimum absolute atomic E-state index is 0.0748. The van der Waals surface area contributed by atoms with Crippen molar-refractivity contribution >= 4 is 0 Å². The Hall–Kier alpha value is -1.23. The molecule has 0 saturated carbocycles. The number of rotatable bonds is 4. The summed E-state index contributed by atoms with van der Waals surface area (Å²) in [6.45, 7) is -0.601. The van der Waals surface area contributed by atoms with Gasteiger partial charge in [0.05, 0.1) is 0 Å². The lowest BCUT2D eigenvalue weighted by Crippen LogP contribution is -2.07. The molecule has 1 rings (SSSR count). The maximum Gasteiger partial charge on any atom is 0.272 e. The lowest BCUT2D eigenvalue weighted by atomic mass is 10.2. The maximum atomic E-state index is 12.8. The van der Waals surface area contributed by atoms with Crippen molar-refractivity contribution in [3.05, 3.63) is 29.6 Å². The van der Waals surface area contributed by atoms with Crippen LogP contribution in [0.4, 0.5) is 13.2 Å². The van der Waals surface area contributed by atoms with Crippen LogP contribution in [0, 0.1) is 5.82 Å². The first-order chi connectivity index (χ1) is 6.61. The zero-order valence-corrected chi connectivity index (χ0v) is 7.34. The van der Waals surface area contributed by atoms with Crippen LogP contribution in [0.1, 0.15) is 5.56 Å². The van der Waals surface area contributed by atoms with Crippen molar-refractivity contribution < 1.29 is 17.9 Å². The monoisotopic (exact) mass is 205 g/mol. The van der Waals surface area contributed by atoms with Gasteiger partial charge in [0.15, 0.2) is 0 Å². The van der Waals surface area contributed by atoms with E-state index >= 15 is 0 Å². The van der Waals surface area contributed by atoms with E-state index in [1.807, 2.05) is 0 Å². The molecule has 0 spiro atoms. The second-order valence-corrected chi connectivity index (χ2v) is 2.70. The van der Waals surface area contributed by atoms with Crippen LogP contribution < -0.4 is 10.5 Å². The molecule has 0 radical (unpaired) electrons. The Kier molecular flexibility index (Phi) is 3.76. The molecule has 0 heterocycles. The van der Waals surface area contributed by atoms with Crippen molar-refractivity contribution in [1.29, 1.82) is 0 Å². The quantitative estimate of drug-likeness (QED) is 0.815. The molecular weight excluding hydrogens is 195 g/mol. The molecule has 14 heavy (non-hydrogen) atoms. The Morgan fingerprint density at radius 3 is 2.57 bits per heavy atom. The highest BCUT2D eigenvalue weighted by Gasteiger charge is 2.05. The minimum Gasteiger partial charge on any atom is -0.488 e. The number of benzene rings is 1. The Bertz CT molecular complexity index is 304. The Morgan fingerprint density at radius 2 is 2.00 bits per heavy atom.